The summed E-state index contributed by atoms with van der Waals surface area (Å²) in [6.45, 7) is 7.70. The second-order valence-corrected chi connectivity index (χ2v) is 3.09. The molecule has 3 heteroatoms. The van der Waals surface area contributed by atoms with Gasteiger partial charge in [-0.05, 0) is 19.4 Å². The van der Waals surface area contributed by atoms with Crippen LogP contribution in [0, 0.1) is 0 Å². The highest BCUT2D eigenvalue weighted by atomic mass is 16.5. The van der Waals surface area contributed by atoms with Crippen LogP contribution in [-0.2, 0) is 14.3 Å². The van der Waals surface area contributed by atoms with E-state index < -0.39 is 0 Å². The maximum Gasteiger partial charge on any atom is 0.306 e. The highest BCUT2D eigenvalue weighted by Gasteiger charge is 1.99. The monoisotopic (exact) mass is 226 g/mol. The van der Waals surface area contributed by atoms with E-state index in [1.165, 1.54) is 6.08 Å². The number of hydrogen-bond acceptors (Lipinski definition) is 3. The van der Waals surface area contributed by atoms with Crippen LogP contribution in [0.1, 0.15) is 39.5 Å². The van der Waals surface area contributed by atoms with E-state index in [1.807, 2.05) is 0 Å². The molecule has 0 atom stereocenters. The highest BCUT2D eigenvalue weighted by Crippen LogP contribution is 1.99. The van der Waals surface area contributed by atoms with Crippen LogP contribution in [0.2, 0.25) is 0 Å². The number of carbonyl (C=O) groups excluding carboxylic acids is 2. The number of rotatable bonds is 7. The highest BCUT2D eigenvalue weighted by molar-refractivity contribution is 5.69. The molecule has 0 aromatic rings. The van der Waals surface area contributed by atoms with E-state index >= 15 is 0 Å². The molecule has 0 bridgehead atoms. The van der Waals surface area contributed by atoms with Gasteiger partial charge in [0.2, 0.25) is 0 Å². The molecular formula is C13H22O3. The molecule has 0 aliphatic carbocycles. The predicted molar refractivity (Wildman–Crippen MR) is 66.2 cm³/mol. The zero-order valence-corrected chi connectivity index (χ0v) is 10.3. The summed E-state index contributed by atoms with van der Waals surface area (Å²) < 4.78 is 4.78. The molecule has 92 valence electrons. The molecule has 0 aliphatic heterocycles. The maximum absolute atomic E-state index is 10.8. The summed E-state index contributed by atoms with van der Waals surface area (Å²) in [5.74, 6) is -0.113. The number of carbonyl (C=O) groups is 2. The summed E-state index contributed by atoms with van der Waals surface area (Å²) in [5, 5.41) is 0. The Morgan fingerprint density at radius 1 is 1.38 bits per heavy atom. The molecule has 0 aromatic heterocycles. The van der Waals surface area contributed by atoms with E-state index in [4.69, 9.17) is 4.74 Å². The molecule has 3 nitrogen and oxygen atoms in total. The topological polar surface area (TPSA) is 43.4 Å². The molecular weight excluding hydrogens is 204 g/mol. The first-order chi connectivity index (χ1) is 7.72. The van der Waals surface area contributed by atoms with Gasteiger partial charge in [0, 0.05) is 6.42 Å². The number of ether oxygens (including phenoxy) is 1. The van der Waals surface area contributed by atoms with E-state index in [9.17, 15) is 9.59 Å². The van der Waals surface area contributed by atoms with Crippen molar-refractivity contribution < 1.29 is 14.3 Å². The van der Waals surface area contributed by atoms with Crippen LogP contribution in [0.4, 0.5) is 0 Å². The van der Waals surface area contributed by atoms with Crippen LogP contribution in [-0.4, -0.2) is 18.9 Å². The minimum Gasteiger partial charge on any atom is -0.461 e. The fourth-order valence-corrected chi connectivity index (χ4v) is 0.822. The summed E-state index contributed by atoms with van der Waals surface area (Å²) in [6.07, 6.45) is 9.18. The summed E-state index contributed by atoms with van der Waals surface area (Å²) >= 11 is 0. The quantitative estimate of drug-likeness (QED) is 0.220. The lowest BCUT2D eigenvalue weighted by molar-refractivity contribution is -0.142. The van der Waals surface area contributed by atoms with Gasteiger partial charge in [-0.15, -0.1) is 0 Å². The first kappa shape index (κ1) is 17.0. The van der Waals surface area contributed by atoms with Crippen LogP contribution < -0.4 is 0 Å². The molecule has 0 radical (unpaired) electrons. The van der Waals surface area contributed by atoms with E-state index in [0.29, 0.717) is 13.0 Å². The molecule has 0 unspecified atom stereocenters. The Balaban J connectivity index is 0. The minimum absolute atomic E-state index is 0.113. The van der Waals surface area contributed by atoms with Gasteiger partial charge in [0.1, 0.15) is 12.9 Å². The van der Waals surface area contributed by atoms with Gasteiger partial charge in [0.05, 0.1) is 0 Å². The summed E-state index contributed by atoms with van der Waals surface area (Å²) in [5.41, 5.74) is 0. The van der Waals surface area contributed by atoms with Crippen molar-refractivity contribution in [2.45, 2.75) is 39.5 Å². The van der Waals surface area contributed by atoms with E-state index in [-0.39, 0.29) is 5.97 Å². The SMILES string of the molecule is C/C=C/C=O.C=CCOC(=O)CCCCC. The Hall–Kier alpha value is -1.38. The van der Waals surface area contributed by atoms with Gasteiger partial charge in [-0.1, -0.05) is 38.5 Å². The third kappa shape index (κ3) is 18.4. The van der Waals surface area contributed by atoms with Crippen molar-refractivity contribution >= 4 is 12.3 Å². The summed E-state index contributed by atoms with van der Waals surface area (Å²) in [4.78, 5) is 20.1. The van der Waals surface area contributed by atoms with Gasteiger partial charge >= 0.3 is 5.97 Å². The standard InChI is InChI=1S/C9H16O2.C4H6O/c1-3-5-6-7-9(10)11-8-4-2;1-2-3-4-5/h4H,2-3,5-8H2,1H3;2-4H,1H3/b;3-2+. The van der Waals surface area contributed by atoms with Crippen molar-refractivity contribution in [1.82, 2.24) is 0 Å². The van der Waals surface area contributed by atoms with Crippen LogP contribution in [0.3, 0.4) is 0 Å². The second-order valence-electron chi connectivity index (χ2n) is 3.09. The molecule has 0 fully saturated rings. The van der Waals surface area contributed by atoms with Crippen molar-refractivity contribution in [3.05, 3.63) is 24.8 Å². The molecule has 0 spiro atoms. The zero-order valence-electron chi connectivity index (χ0n) is 10.3. The van der Waals surface area contributed by atoms with E-state index in [2.05, 4.69) is 13.5 Å². The van der Waals surface area contributed by atoms with Gasteiger partial charge in [0.25, 0.3) is 0 Å². The van der Waals surface area contributed by atoms with Crippen LogP contribution >= 0.6 is 0 Å². The molecule has 0 aliphatic rings. The van der Waals surface area contributed by atoms with Crippen LogP contribution in [0.5, 0.6) is 0 Å². The van der Waals surface area contributed by atoms with E-state index in [1.54, 1.807) is 19.1 Å². The Morgan fingerprint density at radius 2 is 2.06 bits per heavy atom. The zero-order chi connectivity index (χ0) is 12.6. The lowest BCUT2D eigenvalue weighted by Crippen LogP contribution is -2.03. The molecule has 0 rings (SSSR count). The average Bonchev–Trinajstić information content (AvgIpc) is 2.29. The van der Waals surface area contributed by atoms with Crippen molar-refractivity contribution in [2.24, 2.45) is 0 Å². The first-order valence-electron chi connectivity index (χ1n) is 5.55. The number of hydrogen-bond donors (Lipinski definition) is 0. The molecule has 0 amide bonds. The number of aldehydes is 1. The number of esters is 1. The molecule has 0 saturated heterocycles. The largest absolute Gasteiger partial charge is 0.461 e. The third-order valence-electron chi connectivity index (χ3n) is 1.62. The molecule has 16 heavy (non-hydrogen) atoms. The lowest BCUT2D eigenvalue weighted by atomic mass is 10.2. The summed E-state index contributed by atoms with van der Waals surface area (Å²) in [6, 6.07) is 0. The fraction of sp³-hybridized carbons (Fsp3) is 0.538. The van der Waals surface area contributed by atoms with E-state index in [0.717, 1.165) is 25.5 Å². The average molecular weight is 226 g/mol. The molecule has 0 saturated carbocycles. The molecule has 0 heterocycles. The lowest BCUT2D eigenvalue weighted by Gasteiger charge is -1.99. The van der Waals surface area contributed by atoms with Crippen molar-refractivity contribution in [3.63, 3.8) is 0 Å². The fourth-order valence-electron chi connectivity index (χ4n) is 0.822. The Bertz CT molecular complexity index is 207. The van der Waals surface area contributed by atoms with Gasteiger partial charge in [-0.3, -0.25) is 9.59 Å². The van der Waals surface area contributed by atoms with Gasteiger partial charge in [-0.25, -0.2) is 0 Å². The Morgan fingerprint density at radius 3 is 2.44 bits per heavy atom. The minimum atomic E-state index is -0.113. The Kier molecular flexibility index (Phi) is 17.1. The smallest absolute Gasteiger partial charge is 0.306 e. The van der Waals surface area contributed by atoms with Gasteiger partial charge in [0.15, 0.2) is 0 Å². The van der Waals surface area contributed by atoms with Crippen molar-refractivity contribution in [1.29, 1.82) is 0 Å². The first-order valence-corrected chi connectivity index (χ1v) is 5.55. The normalized spacial score (nSPS) is 9.12. The predicted octanol–water partition coefficient (Wildman–Crippen LogP) is 3.06. The number of unbranched alkanes of at least 4 members (excludes halogenated alkanes) is 2. The Labute approximate surface area is 98.2 Å². The maximum atomic E-state index is 10.8. The van der Waals surface area contributed by atoms with Crippen LogP contribution in [0.15, 0.2) is 24.8 Å². The van der Waals surface area contributed by atoms with Crippen molar-refractivity contribution in [2.75, 3.05) is 6.61 Å². The number of allylic oxidation sites excluding steroid dienone is 2. The van der Waals surface area contributed by atoms with Gasteiger partial charge in [-0.2, -0.15) is 0 Å². The third-order valence-corrected chi connectivity index (χ3v) is 1.62. The second kappa shape index (κ2) is 16.1. The van der Waals surface area contributed by atoms with Gasteiger partial charge < -0.3 is 4.74 Å². The van der Waals surface area contributed by atoms with Crippen LogP contribution in [0.25, 0.3) is 0 Å². The molecule has 0 N–H and O–H groups in total. The van der Waals surface area contributed by atoms with Crippen molar-refractivity contribution in [3.8, 4) is 0 Å². The summed E-state index contributed by atoms with van der Waals surface area (Å²) in [7, 11) is 0. The molecule has 0 aromatic carbocycles.